The van der Waals surface area contributed by atoms with E-state index in [2.05, 4.69) is 5.32 Å². The average Bonchev–Trinajstić information content (AvgIpc) is 3.22. The van der Waals surface area contributed by atoms with Gasteiger partial charge in [0.15, 0.2) is 5.75 Å². The predicted octanol–water partition coefficient (Wildman–Crippen LogP) is 3.16. The molecule has 1 fully saturated rings. The van der Waals surface area contributed by atoms with E-state index in [-0.39, 0.29) is 11.5 Å². The van der Waals surface area contributed by atoms with Gasteiger partial charge < -0.3 is 14.8 Å². The molecular formula is C20H23ClN2O5S. The summed E-state index contributed by atoms with van der Waals surface area (Å²) in [6.07, 6.45) is 1.05. The van der Waals surface area contributed by atoms with Crippen LogP contribution in [0.3, 0.4) is 0 Å². The highest BCUT2D eigenvalue weighted by atomic mass is 35.5. The number of carbonyl (C=O) groups is 1. The van der Waals surface area contributed by atoms with Crippen molar-refractivity contribution < 1.29 is 22.7 Å². The van der Waals surface area contributed by atoms with Crippen LogP contribution >= 0.6 is 11.6 Å². The number of methoxy groups -OCH3 is 1. The van der Waals surface area contributed by atoms with Crippen LogP contribution in [-0.2, 0) is 19.6 Å². The summed E-state index contributed by atoms with van der Waals surface area (Å²) < 4.78 is 37.8. The normalized spacial score (nSPS) is 17.2. The van der Waals surface area contributed by atoms with E-state index in [0.29, 0.717) is 42.5 Å². The summed E-state index contributed by atoms with van der Waals surface area (Å²) in [7, 11) is -2.21. The van der Waals surface area contributed by atoms with E-state index in [0.717, 1.165) is 0 Å². The van der Waals surface area contributed by atoms with E-state index in [1.54, 1.807) is 43.5 Å². The number of hydrogen-bond acceptors (Lipinski definition) is 5. The second-order valence-corrected chi connectivity index (χ2v) is 8.83. The van der Waals surface area contributed by atoms with Gasteiger partial charge in [-0.25, -0.2) is 8.42 Å². The van der Waals surface area contributed by atoms with E-state index < -0.39 is 22.0 Å². The highest BCUT2D eigenvalue weighted by Crippen LogP contribution is 2.34. The minimum Gasteiger partial charge on any atom is -0.487 e. The Balaban J connectivity index is 1.80. The van der Waals surface area contributed by atoms with E-state index in [9.17, 15) is 13.2 Å². The highest BCUT2D eigenvalue weighted by molar-refractivity contribution is 7.89. The zero-order valence-electron chi connectivity index (χ0n) is 16.0. The number of ether oxygens (including phenoxy) is 2. The van der Waals surface area contributed by atoms with Crippen molar-refractivity contribution in [2.24, 2.45) is 0 Å². The van der Waals surface area contributed by atoms with Crippen LogP contribution in [0.4, 0.5) is 5.69 Å². The lowest BCUT2D eigenvalue weighted by atomic mass is 10.2. The third kappa shape index (κ3) is 4.90. The molecule has 0 radical (unpaired) electrons. The lowest BCUT2D eigenvalue weighted by Gasteiger charge is -2.24. The third-order valence-corrected chi connectivity index (χ3v) is 6.83. The third-order valence-electron chi connectivity index (χ3n) is 4.61. The van der Waals surface area contributed by atoms with Crippen molar-refractivity contribution in [1.29, 1.82) is 0 Å². The van der Waals surface area contributed by atoms with Gasteiger partial charge in [-0.15, -0.1) is 0 Å². The van der Waals surface area contributed by atoms with Crippen LogP contribution in [0.15, 0.2) is 53.4 Å². The molecule has 1 unspecified atom stereocenters. The Morgan fingerprint density at radius 1 is 1.17 bits per heavy atom. The SMILES string of the molecule is COCCOc1c(Cl)cccc1NC(=O)C1CCCN1S(=O)(=O)c1ccccc1. The van der Waals surface area contributed by atoms with Crippen molar-refractivity contribution in [3.05, 3.63) is 53.6 Å². The van der Waals surface area contributed by atoms with Gasteiger partial charge in [-0.3, -0.25) is 4.79 Å². The minimum atomic E-state index is -3.76. The number of anilines is 1. The van der Waals surface area contributed by atoms with Crippen LogP contribution < -0.4 is 10.1 Å². The van der Waals surface area contributed by atoms with Crippen LogP contribution in [0.5, 0.6) is 5.75 Å². The molecule has 1 atom stereocenters. The summed E-state index contributed by atoms with van der Waals surface area (Å²) in [5.41, 5.74) is 0.391. The Morgan fingerprint density at radius 2 is 1.93 bits per heavy atom. The van der Waals surface area contributed by atoms with E-state index in [4.69, 9.17) is 21.1 Å². The summed E-state index contributed by atoms with van der Waals surface area (Å²) >= 11 is 6.21. The number of carbonyl (C=O) groups excluding carboxylic acids is 1. The van der Waals surface area contributed by atoms with Gasteiger partial charge in [0.1, 0.15) is 12.6 Å². The molecule has 0 spiro atoms. The standard InChI is InChI=1S/C20H23ClN2O5S/c1-27-13-14-28-19-16(21)9-5-10-17(19)22-20(24)18-11-6-12-23(18)29(25,26)15-7-3-2-4-8-15/h2-5,7-10,18H,6,11-14H2,1H3,(H,22,24). The topological polar surface area (TPSA) is 84.9 Å². The van der Waals surface area contributed by atoms with Crippen molar-refractivity contribution >= 4 is 33.2 Å². The molecule has 9 heteroatoms. The van der Waals surface area contributed by atoms with Crippen LogP contribution in [0, 0.1) is 0 Å². The average molecular weight is 439 g/mol. The number of rotatable bonds is 8. The van der Waals surface area contributed by atoms with E-state index in [1.807, 2.05) is 0 Å². The maximum atomic E-state index is 13.0. The molecule has 156 valence electrons. The number of para-hydroxylation sites is 1. The van der Waals surface area contributed by atoms with E-state index >= 15 is 0 Å². The molecule has 29 heavy (non-hydrogen) atoms. The van der Waals surface area contributed by atoms with Crippen LogP contribution in [0.2, 0.25) is 5.02 Å². The number of nitrogens with zero attached hydrogens (tertiary/aromatic N) is 1. The second-order valence-electron chi connectivity index (χ2n) is 6.53. The molecule has 0 bridgehead atoms. The fourth-order valence-corrected chi connectivity index (χ4v) is 5.12. The minimum absolute atomic E-state index is 0.172. The van der Waals surface area contributed by atoms with Gasteiger partial charge >= 0.3 is 0 Å². The zero-order chi connectivity index (χ0) is 20.9. The molecule has 1 N–H and O–H groups in total. The monoisotopic (exact) mass is 438 g/mol. The smallest absolute Gasteiger partial charge is 0.243 e. The number of halogens is 1. The highest BCUT2D eigenvalue weighted by Gasteiger charge is 2.39. The molecule has 1 aliphatic heterocycles. The van der Waals surface area contributed by atoms with Crippen molar-refractivity contribution in [3.63, 3.8) is 0 Å². The van der Waals surface area contributed by atoms with Gasteiger partial charge in [-0.2, -0.15) is 4.31 Å². The van der Waals surface area contributed by atoms with Gasteiger partial charge in [0, 0.05) is 13.7 Å². The fraction of sp³-hybridized carbons (Fsp3) is 0.350. The molecule has 0 aromatic heterocycles. The van der Waals surface area contributed by atoms with Crippen LogP contribution in [0.25, 0.3) is 0 Å². The molecule has 1 aliphatic rings. The number of sulfonamides is 1. The first kappa shape index (κ1) is 21.6. The first-order valence-corrected chi connectivity index (χ1v) is 11.0. The number of nitrogens with one attached hydrogen (secondary N) is 1. The number of benzene rings is 2. The first-order chi connectivity index (χ1) is 13.9. The molecule has 3 rings (SSSR count). The molecule has 2 aromatic rings. The summed E-state index contributed by atoms with van der Waals surface area (Å²) in [5.74, 6) is -0.0871. The zero-order valence-corrected chi connectivity index (χ0v) is 17.6. The molecular weight excluding hydrogens is 416 g/mol. The Bertz CT molecular complexity index is 953. The fourth-order valence-electron chi connectivity index (χ4n) is 3.21. The molecule has 1 heterocycles. The quantitative estimate of drug-likeness (QED) is 0.640. The Kier molecular flexibility index (Phi) is 7.13. The van der Waals surface area contributed by atoms with Crippen LogP contribution in [-0.4, -0.2) is 51.5 Å². The van der Waals surface area contributed by atoms with Gasteiger partial charge in [-0.05, 0) is 37.1 Å². The van der Waals surface area contributed by atoms with Gasteiger partial charge in [0.25, 0.3) is 0 Å². The Labute approximate surface area is 175 Å². The molecule has 0 saturated carbocycles. The number of amides is 1. The van der Waals surface area contributed by atoms with Gasteiger partial charge in [-0.1, -0.05) is 35.9 Å². The molecule has 1 saturated heterocycles. The van der Waals surface area contributed by atoms with Gasteiger partial charge in [0.2, 0.25) is 15.9 Å². The lowest BCUT2D eigenvalue weighted by molar-refractivity contribution is -0.119. The summed E-state index contributed by atoms with van der Waals surface area (Å²) in [4.78, 5) is 13.1. The lowest BCUT2D eigenvalue weighted by Crippen LogP contribution is -2.43. The summed E-state index contributed by atoms with van der Waals surface area (Å²) in [5, 5.41) is 3.12. The molecule has 7 nitrogen and oxygen atoms in total. The molecule has 1 amide bonds. The summed E-state index contributed by atoms with van der Waals surface area (Å²) in [6, 6.07) is 12.3. The maximum absolute atomic E-state index is 13.0. The summed E-state index contributed by atoms with van der Waals surface area (Å²) in [6.45, 7) is 0.924. The van der Waals surface area contributed by atoms with Crippen LogP contribution in [0.1, 0.15) is 12.8 Å². The van der Waals surface area contributed by atoms with Crippen molar-refractivity contribution in [1.82, 2.24) is 4.31 Å². The van der Waals surface area contributed by atoms with E-state index in [1.165, 1.54) is 16.4 Å². The number of hydrogen-bond donors (Lipinski definition) is 1. The molecule has 2 aromatic carbocycles. The molecule has 0 aliphatic carbocycles. The first-order valence-electron chi connectivity index (χ1n) is 9.23. The predicted molar refractivity (Wildman–Crippen MR) is 111 cm³/mol. The maximum Gasteiger partial charge on any atom is 0.243 e. The van der Waals surface area contributed by atoms with Crippen molar-refractivity contribution in [2.75, 3.05) is 32.2 Å². The van der Waals surface area contributed by atoms with Gasteiger partial charge in [0.05, 0.1) is 22.2 Å². The van der Waals surface area contributed by atoms with Crippen molar-refractivity contribution in [3.8, 4) is 5.75 Å². The second kappa shape index (κ2) is 9.58. The largest absolute Gasteiger partial charge is 0.487 e. The van der Waals surface area contributed by atoms with Crippen molar-refractivity contribution in [2.45, 2.75) is 23.8 Å². The Morgan fingerprint density at radius 3 is 2.66 bits per heavy atom. The Hall–Kier alpha value is -2.13.